The lowest BCUT2D eigenvalue weighted by molar-refractivity contribution is 0.0918. The molecule has 2 heterocycles. The first kappa shape index (κ1) is 18.2. The molecule has 0 aliphatic rings. The summed E-state index contributed by atoms with van der Waals surface area (Å²) in [7, 11) is 0. The third-order valence-electron chi connectivity index (χ3n) is 4.80. The van der Waals surface area contributed by atoms with Gasteiger partial charge in [0.25, 0.3) is 5.91 Å². The molecule has 1 aromatic carbocycles. The number of hydrogen-bond donors (Lipinski definition) is 4. The van der Waals surface area contributed by atoms with Gasteiger partial charge in [-0.25, -0.2) is 4.98 Å². The van der Waals surface area contributed by atoms with Crippen LogP contribution in [0, 0.1) is 19.8 Å². The number of carbonyl (C=O) groups excluding carboxylic acids is 1. The molecule has 0 unspecified atom stereocenters. The van der Waals surface area contributed by atoms with E-state index < -0.39 is 6.10 Å². The Hall–Kier alpha value is -2.60. The zero-order chi connectivity index (χ0) is 19.0. The molecule has 0 radical (unpaired) electrons. The molecule has 0 bridgehead atoms. The second-order valence-corrected chi connectivity index (χ2v) is 7.17. The van der Waals surface area contributed by atoms with Crippen molar-refractivity contribution in [3.8, 4) is 0 Å². The van der Waals surface area contributed by atoms with Crippen LogP contribution in [0.25, 0.3) is 11.0 Å². The van der Waals surface area contributed by atoms with Gasteiger partial charge in [-0.05, 0) is 44.4 Å². The van der Waals surface area contributed by atoms with Crippen molar-refractivity contribution in [3.05, 3.63) is 52.6 Å². The van der Waals surface area contributed by atoms with Crippen molar-refractivity contribution in [1.82, 2.24) is 20.3 Å². The van der Waals surface area contributed by atoms with E-state index in [1.54, 1.807) is 6.92 Å². The van der Waals surface area contributed by atoms with Gasteiger partial charge in [0.2, 0.25) is 0 Å². The van der Waals surface area contributed by atoms with Gasteiger partial charge in [0.15, 0.2) is 0 Å². The van der Waals surface area contributed by atoms with Crippen LogP contribution in [0.15, 0.2) is 24.3 Å². The summed E-state index contributed by atoms with van der Waals surface area (Å²) in [6.45, 7) is 9.52. The quantitative estimate of drug-likeness (QED) is 0.563. The molecule has 138 valence electrons. The van der Waals surface area contributed by atoms with E-state index in [1.165, 1.54) is 0 Å². The summed E-state index contributed by atoms with van der Waals surface area (Å²) in [5, 5.41) is 13.0. The van der Waals surface area contributed by atoms with Crippen LogP contribution in [-0.2, 0) is 0 Å². The Kier molecular flexibility index (Phi) is 4.87. The lowest BCUT2D eigenvalue weighted by atomic mass is 10.0. The first-order valence-corrected chi connectivity index (χ1v) is 8.92. The molecule has 0 aliphatic carbocycles. The summed E-state index contributed by atoms with van der Waals surface area (Å²) in [5.74, 6) is 0.704. The maximum Gasteiger partial charge on any atom is 0.268 e. The minimum Gasteiger partial charge on any atom is -0.389 e. The van der Waals surface area contributed by atoms with Crippen LogP contribution in [0.2, 0.25) is 0 Å². The van der Waals surface area contributed by atoms with Crippen LogP contribution in [0.3, 0.4) is 0 Å². The number of nitrogens with one attached hydrogen (secondary N) is 3. The predicted molar refractivity (Wildman–Crippen MR) is 102 cm³/mol. The minimum absolute atomic E-state index is 0.159. The Morgan fingerprint density at radius 1 is 1.15 bits per heavy atom. The molecule has 0 saturated heterocycles. The normalized spacial score (nSPS) is 14.0. The zero-order valence-electron chi connectivity index (χ0n) is 15.8. The Labute approximate surface area is 153 Å². The number of aliphatic hydroxyl groups is 1. The number of fused-ring (bicyclic) bond motifs is 1. The molecule has 1 amide bonds. The molecule has 2 aromatic heterocycles. The summed E-state index contributed by atoms with van der Waals surface area (Å²) in [4.78, 5) is 23.9. The summed E-state index contributed by atoms with van der Waals surface area (Å²) >= 11 is 0. The van der Waals surface area contributed by atoms with E-state index in [1.807, 2.05) is 52.0 Å². The number of aryl methyl sites for hydroxylation is 1. The number of benzene rings is 1. The van der Waals surface area contributed by atoms with E-state index >= 15 is 0 Å². The van der Waals surface area contributed by atoms with Gasteiger partial charge in [0, 0.05) is 11.3 Å². The van der Waals surface area contributed by atoms with Crippen molar-refractivity contribution >= 4 is 16.9 Å². The molecule has 3 aromatic rings. The molecule has 6 nitrogen and oxygen atoms in total. The van der Waals surface area contributed by atoms with Crippen LogP contribution in [0.1, 0.15) is 66.1 Å². The number of H-pyrrole nitrogens is 2. The summed E-state index contributed by atoms with van der Waals surface area (Å²) < 4.78 is 0. The number of hydrogen-bond acceptors (Lipinski definition) is 3. The lowest BCUT2D eigenvalue weighted by Crippen LogP contribution is -2.33. The topological polar surface area (TPSA) is 93.8 Å². The fourth-order valence-corrected chi connectivity index (χ4v) is 3.50. The molecule has 4 N–H and O–H groups in total. The predicted octanol–water partition coefficient (Wildman–Crippen LogP) is 3.69. The second-order valence-electron chi connectivity index (χ2n) is 7.17. The van der Waals surface area contributed by atoms with Gasteiger partial charge in [-0.2, -0.15) is 0 Å². The fourth-order valence-electron chi connectivity index (χ4n) is 3.50. The molecular weight excluding hydrogens is 328 g/mol. The minimum atomic E-state index is -0.621. The van der Waals surface area contributed by atoms with Crippen LogP contribution in [-0.4, -0.2) is 26.0 Å². The van der Waals surface area contributed by atoms with Crippen LogP contribution in [0.5, 0.6) is 0 Å². The van der Waals surface area contributed by atoms with Gasteiger partial charge in [0.1, 0.15) is 11.5 Å². The summed E-state index contributed by atoms with van der Waals surface area (Å²) in [5.41, 5.74) is 4.69. The van der Waals surface area contributed by atoms with Crippen LogP contribution in [0.4, 0.5) is 0 Å². The SMILES string of the molecule is Cc1[nH]c(C(=O)N[C@H](c2nc3ccccc3[nH]2)C(C)C)c(C)c1[C@H](C)O. The molecule has 26 heavy (non-hydrogen) atoms. The van der Waals surface area contributed by atoms with E-state index in [9.17, 15) is 9.90 Å². The third-order valence-corrected chi connectivity index (χ3v) is 4.80. The van der Waals surface area contributed by atoms with Gasteiger partial charge >= 0.3 is 0 Å². The molecule has 0 aliphatic heterocycles. The number of carbonyl (C=O) groups is 1. The molecule has 0 saturated carbocycles. The Bertz CT molecular complexity index is 904. The van der Waals surface area contributed by atoms with Gasteiger partial charge in [-0.1, -0.05) is 26.0 Å². The zero-order valence-corrected chi connectivity index (χ0v) is 15.8. The van der Waals surface area contributed by atoms with E-state index in [-0.39, 0.29) is 17.9 Å². The van der Waals surface area contributed by atoms with Crippen molar-refractivity contribution < 1.29 is 9.90 Å². The molecule has 3 rings (SSSR count). The number of aromatic amines is 2. The average Bonchev–Trinajstić information content (AvgIpc) is 3.12. The number of aromatic nitrogens is 3. The molecule has 2 atom stereocenters. The lowest BCUT2D eigenvalue weighted by Gasteiger charge is -2.20. The monoisotopic (exact) mass is 354 g/mol. The summed E-state index contributed by atoms with van der Waals surface area (Å²) in [6, 6.07) is 7.57. The van der Waals surface area contributed by atoms with Crippen LogP contribution >= 0.6 is 0 Å². The summed E-state index contributed by atoms with van der Waals surface area (Å²) in [6.07, 6.45) is -0.621. The van der Waals surface area contributed by atoms with Crippen molar-refractivity contribution in [1.29, 1.82) is 0 Å². The number of nitrogens with zero attached hydrogens (tertiary/aromatic N) is 1. The number of para-hydroxylation sites is 2. The largest absolute Gasteiger partial charge is 0.389 e. The first-order chi connectivity index (χ1) is 12.3. The third kappa shape index (κ3) is 3.24. The maximum atomic E-state index is 12.9. The highest BCUT2D eigenvalue weighted by molar-refractivity contribution is 5.94. The Balaban J connectivity index is 1.91. The van der Waals surface area contributed by atoms with E-state index in [0.29, 0.717) is 5.69 Å². The average molecular weight is 354 g/mol. The van der Waals surface area contributed by atoms with Crippen molar-refractivity contribution in [2.45, 2.75) is 46.8 Å². The van der Waals surface area contributed by atoms with Crippen LogP contribution < -0.4 is 5.32 Å². The highest BCUT2D eigenvalue weighted by Crippen LogP contribution is 2.26. The Morgan fingerprint density at radius 3 is 2.42 bits per heavy atom. The van der Waals surface area contributed by atoms with Gasteiger partial charge in [-0.3, -0.25) is 4.79 Å². The van der Waals surface area contributed by atoms with Gasteiger partial charge < -0.3 is 20.4 Å². The van der Waals surface area contributed by atoms with E-state index in [2.05, 4.69) is 20.3 Å². The van der Waals surface area contributed by atoms with Crippen molar-refractivity contribution in [3.63, 3.8) is 0 Å². The number of rotatable bonds is 5. The highest BCUT2D eigenvalue weighted by Gasteiger charge is 2.25. The van der Waals surface area contributed by atoms with Crippen molar-refractivity contribution in [2.24, 2.45) is 5.92 Å². The number of aliphatic hydroxyl groups excluding tert-OH is 1. The fraction of sp³-hybridized carbons (Fsp3) is 0.400. The van der Waals surface area contributed by atoms with Crippen molar-refractivity contribution in [2.75, 3.05) is 0 Å². The Morgan fingerprint density at radius 2 is 1.85 bits per heavy atom. The molecule has 0 fully saturated rings. The second kappa shape index (κ2) is 6.96. The molecule has 6 heteroatoms. The van der Waals surface area contributed by atoms with E-state index in [0.717, 1.165) is 33.7 Å². The smallest absolute Gasteiger partial charge is 0.268 e. The molecule has 0 spiro atoms. The van der Waals surface area contributed by atoms with E-state index in [4.69, 9.17) is 0 Å². The first-order valence-electron chi connectivity index (χ1n) is 8.92. The standard InChI is InChI=1S/C20H26N4O2/c1-10(2)17(19-22-14-8-6-7-9-15(14)23-19)24-20(26)18-11(3)16(13(5)25)12(4)21-18/h6-10,13,17,21,25H,1-5H3,(H,22,23)(H,24,26)/t13-,17-/m0/s1. The number of imidazole rings is 1. The maximum absolute atomic E-state index is 12.9. The molecular formula is C20H26N4O2. The highest BCUT2D eigenvalue weighted by atomic mass is 16.3. The van der Waals surface area contributed by atoms with Gasteiger partial charge in [-0.15, -0.1) is 0 Å². The number of amides is 1. The van der Waals surface area contributed by atoms with Gasteiger partial charge in [0.05, 0.1) is 23.2 Å².